The van der Waals surface area contributed by atoms with Crippen LogP contribution < -0.4 is 9.47 Å². The number of hydrogen-bond acceptors (Lipinski definition) is 7. The average molecular weight is 538 g/mol. The highest BCUT2D eigenvalue weighted by atomic mass is 35.5. The number of benzene rings is 1. The Kier molecular flexibility index (Phi) is 6.54. The van der Waals surface area contributed by atoms with Crippen LogP contribution in [0.3, 0.4) is 0 Å². The van der Waals surface area contributed by atoms with Gasteiger partial charge in [0.15, 0.2) is 11.5 Å². The van der Waals surface area contributed by atoms with Gasteiger partial charge < -0.3 is 9.47 Å². The van der Waals surface area contributed by atoms with E-state index in [2.05, 4.69) is 4.98 Å². The van der Waals surface area contributed by atoms with Crippen LogP contribution in [0.25, 0.3) is 10.2 Å². The number of thiophene rings is 1. The zero-order valence-electron chi connectivity index (χ0n) is 18.7. The predicted octanol–water partition coefficient (Wildman–Crippen LogP) is 7.01. The number of aryl methyl sites for hydroxylation is 2. The largest absolute Gasteiger partial charge is 0.493 e. The Morgan fingerprint density at radius 1 is 1.06 bits per heavy atom. The lowest BCUT2D eigenvalue weighted by Gasteiger charge is -2.11. The maximum Gasteiger partial charge on any atom is 0.417 e. The molecule has 0 atom stereocenters. The zero-order valence-corrected chi connectivity index (χ0v) is 21.1. The zero-order chi connectivity index (χ0) is 24.7. The first-order valence-electron chi connectivity index (χ1n) is 10.7. The fourth-order valence-corrected chi connectivity index (χ4v) is 6.62. The van der Waals surface area contributed by atoms with E-state index in [1.54, 1.807) is 25.6 Å². The van der Waals surface area contributed by atoms with E-state index in [0.717, 1.165) is 47.3 Å². The van der Waals surface area contributed by atoms with Gasteiger partial charge in [0.1, 0.15) is 20.7 Å². The Balaban J connectivity index is 1.55. The van der Waals surface area contributed by atoms with E-state index in [4.69, 9.17) is 31.0 Å². The number of aromatic nitrogens is 3. The van der Waals surface area contributed by atoms with E-state index < -0.39 is 11.7 Å². The summed E-state index contributed by atoms with van der Waals surface area (Å²) in [5, 5.41) is 1.81. The molecule has 182 valence electrons. The van der Waals surface area contributed by atoms with Gasteiger partial charge in [0.25, 0.3) is 0 Å². The molecule has 0 aliphatic heterocycles. The summed E-state index contributed by atoms with van der Waals surface area (Å²) in [6, 6.07) is 6.53. The molecule has 1 aromatic carbocycles. The first-order chi connectivity index (χ1) is 16.8. The molecule has 0 saturated heterocycles. The Bertz CT molecular complexity index is 1430. The van der Waals surface area contributed by atoms with Crippen LogP contribution in [0.5, 0.6) is 11.5 Å². The molecule has 0 fully saturated rings. The molecule has 0 N–H and O–H groups in total. The van der Waals surface area contributed by atoms with Gasteiger partial charge in [0, 0.05) is 22.9 Å². The lowest BCUT2D eigenvalue weighted by Crippen LogP contribution is -2.05. The summed E-state index contributed by atoms with van der Waals surface area (Å²) in [4.78, 5) is 15.8. The fraction of sp³-hybridized carbons (Fsp3) is 0.292. The van der Waals surface area contributed by atoms with E-state index in [1.807, 2.05) is 18.2 Å². The van der Waals surface area contributed by atoms with Gasteiger partial charge in [-0.2, -0.15) is 13.2 Å². The number of nitrogens with zero attached hydrogens (tertiary/aromatic N) is 3. The summed E-state index contributed by atoms with van der Waals surface area (Å²) in [7, 11) is 3.15. The van der Waals surface area contributed by atoms with Crippen LogP contribution in [-0.2, 0) is 25.4 Å². The summed E-state index contributed by atoms with van der Waals surface area (Å²) in [5.41, 5.74) is 1.27. The molecule has 3 aromatic heterocycles. The highest BCUT2D eigenvalue weighted by molar-refractivity contribution is 7.99. The number of hydrogen-bond donors (Lipinski definition) is 0. The first kappa shape index (κ1) is 24.1. The molecule has 0 amide bonds. The van der Waals surface area contributed by atoms with Gasteiger partial charge in [-0.3, -0.25) is 0 Å². The van der Waals surface area contributed by atoms with Crippen molar-refractivity contribution in [3.8, 4) is 11.5 Å². The number of pyridine rings is 1. The predicted molar refractivity (Wildman–Crippen MR) is 130 cm³/mol. The van der Waals surface area contributed by atoms with Crippen molar-refractivity contribution in [1.82, 2.24) is 15.0 Å². The van der Waals surface area contributed by atoms with Crippen molar-refractivity contribution < 1.29 is 22.6 Å². The number of alkyl halides is 3. The molecule has 1 aliphatic rings. The van der Waals surface area contributed by atoms with E-state index >= 15 is 0 Å². The minimum atomic E-state index is -4.51. The molecule has 35 heavy (non-hydrogen) atoms. The summed E-state index contributed by atoms with van der Waals surface area (Å²) < 4.78 is 49.9. The average Bonchev–Trinajstić information content (AvgIpc) is 3.40. The second-order valence-electron chi connectivity index (χ2n) is 7.96. The molecule has 0 radical (unpaired) electrons. The maximum absolute atomic E-state index is 13.1. The third-order valence-corrected chi connectivity index (χ3v) is 8.31. The van der Waals surface area contributed by atoms with Crippen molar-refractivity contribution in [2.45, 2.75) is 41.9 Å². The standard InChI is InChI=1S/C24H19ClF3N3O2S2/c1-32-16-7-6-12(8-17(16)33-2)9-19-30-22-20(14-4-3-5-18(14)34-22)23(31-19)35-21-15(25)10-13(11-29-21)24(26,27)28/h6-8,10-11H,3-5,9H2,1-2H3. The third-order valence-electron chi connectivity index (χ3n) is 5.72. The quantitative estimate of drug-likeness (QED) is 0.247. The fourth-order valence-electron chi connectivity index (χ4n) is 4.08. The molecular formula is C24H19ClF3N3O2S2. The topological polar surface area (TPSA) is 57.1 Å². The summed E-state index contributed by atoms with van der Waals surface area (Å²) in [6.45, 7) is 0. The Morgan fingerprint density at radius 3 is 2.57 bits per heavy atom. The molecule has 1 aliphatic carbocycles. The van der Waals surface area contributed by atoms with Crippen LogP contribution in [0.4, 0.5) is 13.2 Å². The van der Waals surface area contributed by atoms with Crippen molar-refractivity contribution in [1.29, 1.82) is 0 Å². The van der Waals surface area contributed by atoms with E-state index in [-0.39, 0.29) is 10.0 Å². The van der Waals surface area contributed by atoms with Crippen molar-refractivity contribution in [2.75, 3.05) is 14.2 Å². The van der Waals surface area contributed by atoms with Crippen molar-refractivity contribution in [2.24, 2.45) is 0 Å². The molecule has 0 spiro atoms. The van der Waals surface area contributed by atoms with E-state index in [9.17, 15) is 13.2 Å². The second-order valence-corrected chi connectivity index (χ2v) is 10.4. The summed E-state index contributed by atoms with van der Waals surface area (Å²) in [6.07, 6.45) is -0.285. The first-order valence-corrected chi connectivity index (χ1v) is 12.7. The van der Waals surface area contributed by atoms with Gasteiger partial charge in [-0.25, -0.2) is 15.0 Å². The number of halogens is 4. The molecular weight excluding hydrogens is 519 g/mol. The normalized spacial score (nSPS) is 13.3. The lowest BCUT2D eigenvalue weighted by atomic mass is 10.1. The maximum atomic E-state index is 13.1. The van der Waals surface area contributed by atoms with Crippen molar-refractivity contribution >= 4 is 44.9 Å². The molecule has 0 unspecified atom stereocenters. The van der Waals surface area contributed by atoms with Gasteiger partial charge in [0.2, 0.25) is 0 Å². The smallest absolute Gasteiger partial charge is 0.417 e. The molecule has 5 rings (SSSR count). The molecule has 0 bridgehead atoms. The van der Waals surface area contributed by atoms with Crippen LogP contribution in [0, 0.1) is 0 Å². The SMILES string of the molecule is COc1ccc(Cc2nc(Sc3ncc(C(F)(F)F)cc3Cl)c3c4c(sc3n2)CCC4)cc1OC. The van der Waals surface area contributed by atoms with Crippen LogP contribution >= 0.6 is 34.7 Å². The van der Waals surface area contributed by atoms with Gasteiger partial charge >= 0.3 is 6.18 Å². The lowest BCUT2D eigenvalue weighted by molar-refractivity contribution is -0.137. The summed E-state index contributed by atoms with van der Waals surface area (Å²) in [5.74, 6) is 1.83. The molecule has 3 heterocycles. The Morgan fingerprint density at radius 2 is 1.86 bits per heavy atom. The van der Waals surface area contributed by atoms with Crippen LogP contribution in [0.2, 0.25) is 5.02 Å². The van der Waals surface area contributed by atoms with Crippen LogP contribution in [0.1, 0.15) is 33.8 Å². The minimum absolute atomic E-state index is 0.0649. The second kappa shape index (κ2) is 9.48. The molecule has 0 saturated carbocycles. The Labute approximate surface area is 212 Å². The van der Waals surface area contributed by atoms with Gasteiger partial charge in [-0.15, -0.1) is 11.3 Å². The molecule has 11 heteroatoms. The monoisotopic (exact) mass is 537 g/mol. The Hall–Kier alpha value is -2.56. The number of methoxy groups -OCH3 is 2. The number of ether oxygens (including phenoxy) is 2. The highest BCUT2D eigenvalue weighted by Crippen LogP contribution is 2.44. The third kappa shape index (κ3) is 4.79. The minimum Gasteiger partial charge on any atom is -0.493 e. The van der Waals surface area contributed by atoms with Crippen LogP contribution in [0.15, 0.2) is 40.5 Å². The molecule has 4 aromatic rings. The highest BCUT2D eigenvalue weighted by Gasteiger charge is 2.32. The van der Waals surface area contributed by atoms with Crippen molar-refractivity contribution in [3.05, 3.63) is 62.9 Å². The summed E-state index contributed by atoms with van der Waals surface area (Å²) >= 11 is 9.03. The van der Waals surface area contributed by atoms with Crippen molar-refractivity contribution in [3.63, 3.8) is 0 Å². The number of fused-ring (bicyclic) bond motifs is 3. The van der Waals surface area contributed by atoms with E-state index in [1.165, 1.54) is 22.2 Å². The van der Waals surface area contributed by atoms with Gasteiger partial charge in [0.05, 0.1) is 24.8 Å². The van der Waals surface area contributed by atoms with E-state index in [0.29, 0.717) is 28.8 Å². The van der Waals surface area contributed by atoms with Gasteiger partial charge in [-0.05, 0) is 60.4 Å². The molecule has 5 nitrogen and oxygen atoms in total. The number of rotatable bonds is 6. The van der Waals surface area contributed by atoms with Crippen LogP contribution in [-0.4, -0.2) is 29.2 Å². The van der Waals surface area contributed by atoms with Gasteiger partial charge in [-0.1, -0.05) is 17.7 Å².